The van der Waals surface area contributed by atoms with Crippen LogP contribution >= 0.6 is 0 Å². The first kappa shape index (κ1) is 30.6. The van der Waals surface area contributed by atoms with Crippen molar-refractivity contribution >= 4 is 35.4 Å². The summed E-state index contributed by atoms with van der Waals surface area (Å²) in [5.41, 5.74) is 3.07. The van der Waals surface area contributed by atoms with Gasteiger partial charge in [-0.05, 0) is 73.5 Å². The van der Waals surface area contributed by atoms with Gasteiger partial charge in [0.15, 0.2) is 11.6 Å². The molecule has 4 rings (SSSR count). The molecule has 0 saturated heterocycles. The summed E-state index contributed by atoms with van der Waals surface area (Å²) in [7, 11) is 0. The van der Waals surface area contributed by atoms with Crippen molar-refractivity contribution in [3.05, 3.63) is 141 Å². The molecule has 0 aliphatic carbocycles. The van der Waals surface area contributed by atoms with Gasteiger partial charge in [-0.15, -0.1) is 0 Å². The molecule has 0 radical (unpaired) electrons. The highest BCUT2D eigenvalue weighted by atomic mass is 16.4. The molecule has 0 unspecified atom stereocenters. The molecule has 0 bridgehead atoms. The van der Waals surface area contributed by atoms with E-state index >= 15 is 0 Å². The molecule has 0 saturated carbocycles. The normalized spacial score (nSPS) is 10.1. The van der Waals surface area contributed by atoms with Crippen LogP contribution in [0.4, 0.5) is 0 Å². The third-order valence-electron chi connectivity index (χ3n) is 6.44. The van der Waals surface area contributed by atoms with Crippen molar-refractivity contribution in [2.24, 2.45) is 0 Å². The smallest absolute Gasteiger partial charge is 0.335 e. The summed E-state index contributed by atoms with van der Waals surface area (Å²) in [6.45, 7) is 3.35. The highest BCUT2D eigenvalue weighted by Crippen LogP contribution is 2.21. The van der Waals surface area contributed by atoms with Crippen molar-refractivity contribution in [2.75, 3.05) is 0 Å². The van der Waals surface area contributed by atoms with Gasteiger partial charge in [0.05, 0.1) is 22.3 Å². The van der Waals surface area contributed by atoms with Crippen LogP contribution in [0.3, 0.4) is 0 Å². The highest BCUT2D eigenvalue weighted by molar-refractivity contribution is 6.11. The molecule has 0 fully saturated rings. The Hall–Kier alpha value is -5.90. The lowest BCUT2D eigenvalue weighted by atomic mass is 9.93. The predicted octanol–water partition coefficient (Wildman–Crippen LogP) is 5.24. The van der Waals surface area contributed by atoms with Crippen LogP contribution in [-0.4, -0.2) is 55.9 Å². The number of ketones is 2. The van der Waals surface area contributed by atoms with Gasteiger partial charge in [0.1, 0.15) is 0 Å². The van der Waals surface area contributed by atoms with Crippen LogP contribution in [0.15, 0.2) is 84.9 Å². The number of benzene rings is 4. The molecule has 0 aromatic heterocycles. The largest absolute Gasteiger partial charge is 0.478 e. The molecule has 0 aliphatic rings. The van der Waals surface area contributed by atoms with Crippen LogP contribution in [0.5, 0.6) is 0 Å². The Kier molecular flexibility index (Phi) is 9.46. The summed E-state index contributed by atoms with van der Waals surface area (Å²) in [6.07, 6.45) is 0. The van der Waals surface area contributed by atoms with Gasteiger partial charge in [0.2, 0.25) is 0 Å². The van der Waals surface area contributed by atoms with Gasteiger partial charge in [0, 0.05) is 22.3 Å². The fourth-order valence-electron chi connectivity index (χ4n) is 3.91. The molecule has 4 aromatic carbocycles. The molecular weight excluding hydrogens is 544 g/mol. The Bertz CT molecular complexity index is 1640. The van der Waals surface area contributed by atoms with E-state index in [1.165, 1.54) is 84.9 Å². The minimum Gasteiger partial charge on any atom is -0.478 e. The molecule has 10 heteroatoms. The number of hydrogen-bond acceptors (Lipinski definition) is 6. The highest BCUT2D eigenvalue weighted by Gasteiger charge is 2.18. The fourth-order valence-corrected chi connectivity index (χ4v) is 3.91. The Labute approximate surface area is 239 Å². The SMILES string of the molecule is Cc1c(C(=O)O)ccc(C(=O)c2ccc(C(=O)O)cc2)c1C.O=C(O)c1ccc(C(=O)c2ccc(C(=O)O)cc2)cc1. The van der Waals surface area contributed by atoms with Crippen LogP contribution in [0.1, 0.15) is 84.4 Å². The van der Waals surface area contributed by atoms with Gasteiger partial charge in [-0.3, -0.25) is 9.59 Å². The van der Waals surface area contributed by atoms with Crippen molar-refractivity contribution in [1.82, 2.24) is 0 Å². The van der Waals surface area contributed by atoms with Crippen LogP contribution in [-0.2, 0) is 0 Å². The van der Waals surface area contributed by atoms with E-state index in [4.69, 9.17) is 20.4 Å². The molecule has 0 atom stereocenters. The second-order valence-corrected chi connectivity index (χ2v) is 9.02. The molecule has 4 aromatic rings. The Morgan fingerprint density at radius 1 is 0.357 bits per heavy atom. The Balaban J connectivity index is 0.000000231. The Morgan fingerprint density at radius 2 is 0.619 bits per heavy atom. The molecular formula is C32H24O10. The topological polar surface area (TPSA) is 183 Å². The number of carboxylic acids is 4. The zero-order chi connectivity index (χ0) is 31.1. The number of hydrogen-bond donors (Lipinski definition) is 4. The molecule has 0 heterocycles. The van der Waals surface area contributed by atoms with Crippen molar-refractivity contribution in [3.8, 4) is 0 Å². The van der Waals surface area contributed by atoms with Gasteiger partial charge in [-0.25, -0.2) is 19.2 Å². The zero-order valence-corrected chi connectivity index (χ0v) is 22.3. The molecule has 4 N–H and O–H groups in total. The van der Waals surface area contributed by atoms with Crippen molar-refractivity contribution < 1.29 is 49.2 Å². The van der Waals surface area contributed by atoms with Crippen LogP contribution in [0.2, 0.25) is 0 Å². The summed E-state index contributed by atoms with van der Waals surface area (Å²) in [6, 6.07) is 19.6. The monoisotopic (exact) mass is 568 g/mol. The second kappa shape index (κ2) is 13.0. The maximum absolute atomic E-state index is 12.5. The van der Waals surface area contributed by atoms with E-state index in [0.717, 1.165) is 0 Å². The first-order chi connectivity index (χ1) is 19.8. The quantitative estimate of drug-likeness (QED) is 0.205. The average molecular weight is 569 g/mol. The van der Waals surface area contributed by atoms with Gasteiger partial charge in [0.25, 0.3) is 0 Å². The third kappa shape index (κ3) is 6.99. The zero-order valence-electron chi connectivity index (χ0n) is 22.3. The third-order valence-corrected chi connectivity index (χ3v) is 6.44. The number of aromatic carboxylic acids is 4. The Morgan fingerprint density at radius 3 is 0.929 bits per heavy atom. The lowest BCUT2D eigenvalue weighted by Crippen LogP contribution is -2.09. The molecule has 0 spiro atoms. The van der Waals surface area contributed by atoms with Crippen molar-refractivity contribution in [3.63, 3.8) is 0 Å². The van der Waals surface area contributed by atoms with Crippen LogP contribution < -0.4 is 0 Å². The van der Waals surface area contributed by atoms with E-state index in [-0.39, 0.29) is 33.8 Å². The van der Waals surface area contributed by atoms with E-state index in [0.29, 0.717) is 33.4 Å². The van der Waals surface area contributed by atoms with Crippen molar-refractivity contribution in [1.29, 1.82) is 0 Å². The molecule has 42 heavy (non-hydrogen) atoms. The predicted molar refractivity (Wildman–Crippen MR) is 150 cm³/mol. The van der Waals surface area contributed by atoms with E-state index < -0.39 is 23.9 Å². The summed E-state index contributed by atoms with van der Waals surface area (Å²) >= 11 is 0. The maximum atomic E-state index is 12.5. The summed E-state index contributed by atoms with van der Waals surface area (Å²) in [5, 5.41) is 35.5. The van der Waals surface area contributed by atoms with E-state index in [2.05, 4.69) is 0 Å². The van der Waals surface area contributed by atoms with Gasteiger partial charge < -0.3 is 20.4 Å². The minimum absolute atomic E-state index is 0.0998. The van der Waals surface area contributed by atoms with Crippen molar-refractivity contribution in [2.45, 2.75) is 13.8 Å². The molecule has 10 nitrogen and oxygen atoms in total. The average Bonchev–Trinajstić information content (AvgIpc) is 2.98. The lowest BCUT2D eigenvalue weighted by Gasteiger charge is -2.10. The van der Waals surface area contributed by atoms with E-state index in [1.54, 1.807) is 13.8 Å². The molecule has 0 amide bonds. The number of carboxylic acid groups (broad SMARTS) is 4. The lowest BCUT2D eigenvalue weighted by molar-refractivity contribution is 0.0685. The molecule has 0 aliphatic heterocycles. The summed E-state index contributed by atoms with van der Waals surface area (Å²) in [5.74, 6) is -4.78. The van der Waals surface area contributed by atoms with Gasteiger partial charge in [-0.1, -0.05) is 36.4 Å². The fraction of sp³-hybridized carbons (Fsp3) is 0.0625. The summed E-state index contributed by atoms with van der Waals surface area (Å²) < 4.78 is 0. The van der Waals surface area contributed by atoms with Gasteiger partial charge in [-0.2, -0.15) is 0 Å². The first-order valence-corrected chi connectivity index (χ1v) is 12.2. The molecule has 212 valence electrons. The summed E-state index contributed by atoms with van der Waals surface area (Å²) in [4.78, 5) is 67.9. The standard InChI is InChI=1S/C17H14O5.C15H10O5/c1-9-10(2)14(17(21)22)8-7-13(9)15(18)11-3-5-12(6-4-11)16(19)20;16-13(9-1-5-11(6-2-9)14(17)18)10-3-7-12(8-4-10)15(19)20/h3-8H,1-2H3,(H,19,20)(H,21,22);1-8H,(H,17,18)(H,19,20). The minimum atomic E-state index is -1.06. The van der Waals surface area contributed by atoms with Crippen LogP contribution in [0, 0.1) is 13.8 Å². The van der Waals surface area contributed by atoms with Crippen LogP contribution in [0.25, 0.3) is 0 Å². The van der Waals surface area contributed by atoms with E-state index in [1.807, 2.05) is 0 Å². The maximum Gasteiger partial charge on any atom is 0.335 e. The second-order valence-electron chi connectivity index (χ2n) is 9.02. The number of rotatable bonds is 8. The van der Waals surface area contributed by atoms with Gasteiger partial charge >= 0.3 is 23.9 Å². The number of carbonyl (C=O) groups is 6. The van der Waals surface area contributed by atoms with E-state index in [9.17, 15) is 28.8 Å². The number of carbonyl (C=O) groups excluding carboxylic acids is 2. The first-order valence-electron chi connectivity index (χ1n) is 12.2.